The van der Waals surface area contributed by atoms with E-state index >= 15 is 0 Å². The molecular weight excluding hydrogens is 548 g/mol. The van der Waals surface area contributed by atoms with Crippen LogP contribution >= 0.6 is 0 Å². The van der Waals surface area contributed by atoms with Gasteiger partial charge in [0.15, 0.2) is 6.61 Å². The molecule has 0 aromatic heterocycles. The van der Waals surface area contributed by atoms with Gasteiger partial charge in [0.2, 0.25) is 10.0 Å². The number of nitrogens with zero attached hydrogens (tertiary/aromatic N) is 1. The van der Waals surface area contributed by atoms with Crippen LogP contribution in [0, 0.1) is 0 Å². The van der Waals surface area contributed by atoms with Gasteiger partial charge in [-0.1, -0.05) is 32.8 Å². The Morgan fingerprint density at radius 1 is 0.878 bits per heavy atom. The van der Waals surface area contributed by atoms with Crippen molar-refractivity contribution in [1.82, 2.24) is 9.62 Å². The number of hydrogen-bond donors (Lipinski definition) is 1. The van der Waals surface area contributed by atoms with Crippen molar-refractivity contribution >= 4 is 21.8 Å². The van der Waals surface area contributed by atoms with E-state index in [9.17, 15) is 18.0 Å². The van der Waals surface area contributed by atoms with Crippen LogP contribution in [0.4, 0.5) is 0 Å². The number of ether oxygens (including phenoxy) is 4. The lowest BCUT2D eigenvalue weighted by molar-refractivity contribution is -0.121. The van der Waals surface area contributed by atoms with Crippen molar-refractivity contribution in [2.45, 2.75) is 58.8 Å². The summed E-state index contributed by atoms with van der Waals surface area (Å²) in [6.45, 7) is 6.03. The topological polar surface area (TPSA) is 120 Å². The maximum Gasteiger partial charge on any atom is 0.271 e. The van der Waals surface area contributed by atoms with E-state index in [1.165, 1.54) is 0 Å². The minimum atomic E-state index is -3.65. The van der Waals surface area contributed by atoms with Crippen LogP contribution in [0.3, 0.4) is 0 Å². The van der Waals surface area contributed by atoms with Gasteiger partial charge in [0, 0.05) is 30.6 Å². The molecule has 2 aromatic carbocycles. The summed E-state index contributed by atoms with van der Waals surface area (Å²) in [6.07, 6.45) is 6.68. The highest BCUT2D eigenvalue weighted by Crippen LogP contribution is 2.35. The second-order valence-electron chi connectivity index (χ2n) is 9.99. The first-order chi connectivity index (χ1) is 19.7. The standard InChI is InChI=1S/C30H42N2O8S/c1-5-11-22-25(13-9-14-26(22)40-21-28(33)31-41(4,35)36)38-19-10-20-39-27-16-15-24(29(37-3)23(27)12-6-2)30(34)32-17-7-8-18-32/h9,13-16H,5-8,10-12,17-21H2,1-4H3,(H,31,33). The lowest BCUT2D eigenvalue weighted by Gasteiger charge is -2.21. The molecule has 1 aliphatic rings. The third kappa shape index (κ3) is 9.27. The number of nitrogens with one attached hydrogen (secondary N) is 1. The zero-order chi connectivity index (χ0) is 29.8. The average molecular weight is 591 g/mol. The molecule has 0 radical (unpaired) electrons. The molecule has 2 aromatic rings. The normalized spacial score (nSPS) is 13.1. The highest BCUT2D eigenvalue weighted by Gasteiger charge is 2.25. The van der Waals surface area contributed by atoms with Crippen LogP contribution in [-0.4, -0.2) is 71.4 Å². The van der Waals surface area contributed by atoms with Crippen LogP contribution in [0.1, 0.15) is 67.4 Å². The molecule has 226 valence electrons. The van der Waals surface area contributed by atoms with E-state index < -0.39 is 22.5 Å². The van der Waals surface area contributed by atoms with E-state index in [4.69, 9.17) is 18.9 Å². The Bertz CT molecular complexity index is 1290. The largest absolute Gasteiger partial charge is 0.495 e. The Balaban J connectivity index is 1.61. The van der Waals surface area contributed by atoms with Gasteiger partial charge in [-0.25, -0.2) is 8.42 Å². The molecule has 0 unspecified atom stereocenters. The van der Waals surface area contributed by atoms with Crippen LogP contribution in [0.5, 0.6) is 23.0 Å². The predicted octanol–water partition coefficient (Wildman–Crippen LogP) is 4.14. The van der Waals surface area contributed by atoms with Crippen molar-refractivity contribution in [3.05, 3.63) is 47.0 Å². The molecule has 1 aliphatic heterocycles. The summed E-state index contributed by atoms with van der Waals surface area (Å²) in [5, 5.41) is 0. The van der Waals surface area contributed by atoms with Gasteiger partial charge in [-0.05, 0) is 49.9 Å². The molecule has 2 amide bonds. The molecule has 0 atom stereocenters. The first kappa shape index (κ1) is 32.0. The minimum Gasteiger partial charge on any atom is -0.495 e. The molecular formula is C30H42N2O8S. The minimum absolute atomic E-state index is 0.00164. The van der Waals surface area contributed by atoms with Crippen molar-refractivity contribution in [2.24, 2.45) is 0 Å². The summed E-state index contributed by atoms with van der Waals surface area (Å²) in [5.74, 6) is 1.67. The number of methoxy groups -OCH3 is 1. The Morgan fingerprint density at radius 3 is 2.05 bits per heavy atom. The first-order valence-corrected chi connectivity index (χ1v) is 16.1. The van der Waals surface area contributed by atoms with E-state index in [0.717, 1.165) is 62.6 Å². The van der Waals surface area contributed by atoms with E-state index in [2.05, 4.69) is 6.92 Å². The molecule has 10 nitrogen and oxygen atoms in total. The van der Waals surface area contributed by atoms with Crippen LogP contribution in [-0.2, 0) is 27.7 Å². The number of carbonyl (C=O) groups is 2. The molecule has 1 saturated heterocycles. The number of likely N-dealkylation sites (tertiary alicyclic amines) is 1. The van der Waals surface area contributed by atoms with Gasteiger partial charge in [0.1, 0.15) is 23.0 Å². The van der Waals surface area contributed by atoms with Gasteiger partial charge in [-0.15, -0.1) is 0 Å². The van der Waals surface area contributed by atoms with Gasteiger partial charge >= 0.3 is 0 Å². The quantitative estimate of drug-likeness (QED) is 0.290. The fourth-order valence-electron chi connectivity index (χ4n) is 4.84. The molecule has 0 aliphatic carbocycles. The molecule has 11 heteroatoms. The highest BCUT2D eigenvalue weighted by molar-refractivity contribution is 7.89. The van der Waals surface area contributed by atoms with Crippen molar-refractivity contribution in [1.29, 1.82) is 0 Å². The van der Waals surface area contributed by atoms with Gasteiger partial charge in [0.05, 0.1) is 32.1 Å². The van der Waals surface area contributed by atoms with Crippen molar-refractivity contribution in [2.75, 3.05) is 46.3 Å². The number of benzene rings is 2. The van der Waals surface area contributed by atoms with Crippen molar-refractivity contribution in [3.8, 4) is 23.0 Å². The van der Waals surface area contributed by atoms with Gasteiger partial charge in [-0.3, -0.25) is 14.3 Å². The highest BCUT2D eigenvalue weighted by atomic mass is 32.2. The molecule has 0 saturated carbocycles. The monoisotopic (exact) mass is 590 g/mol. The summed E-state index contributed by atoms with van der Waals surface area (Å²) >= 11 is 0. The zero-order valence-corrected chi connectivity index (χ0v) is 25.3. The van der Waals surface area contributed by atoms with Crippen LogP contribution in [0.2, 0.25) is 0 Å². The number of amides is 2. The second-order valence-corrected chi connectivity index (χ2v) is 11.7. The first-order valence-electron chi connectivity index (χ1n) is 14.2. The molecule has 3 rings (SSSR count). The summed E-state index contributed by atoms with van der Waals surface area (Å²) in [4.78, 5) is 26.8. The summed E-state index contributed by atoms with van der Waals surface area (Å²) in [5.41, 5.74) is 2.29. The Labute approximate surface area is 243 Å². The molecule has 1 N–H and O–H groups in total. The Hall–Kier alpha value is -3.47. The van der Waals surface area contributed by atoms with Crippen LogP contribution in [0.25, 0.3) is 0 Å². The molecule has 1 heterocycles. The fraction of sp³-hybridized carbons (Fsp3) is 0.533. The Morgan fingerprint density at radius 2 is 1.46 bits per heavy atom. The molecule has 0 spiro atoms. The fourth-order valence-corrected chi connectivity index (χ4v) is 5.31. The van der Waals surface area contributed by atoms with E-state index in [0.29, 0.717) is 54.6 Å². The molecule has 0 bridgehead atoms. The maximum atomic E-state index is 13.1. The SMILES string of the molecule is CCCc1c(OCCCOc2ccc(C(=O)N3CCCC3)c(OC)c2CCC)cccc1OCC(=O)NS(C)(=O)=O. The number of carbonyl (C=O) groups excluding carboxylic acids is 2. The maximum absolute atomic E-state index is 13.1. The van der Waals surface area contributed by atoms with Gasteiger partial charge in [0.25, 0.3) is 11.8 Å². The zero-order valence-electron chi connectivity index (χ0n) is 24.5. The van der Waals surface area contributed by atoms with Gasteiger partial charge < -0.3 is 23.8 Å². The van der Waals surface area contributed by atoms with E-state index in [-0.39, 0.29) is 5.91 Å². The van der Waals surface area contributed by atoms with Gasteiger partial charge in [-0.2, -0.15) is 0 Å². The average Bonchev–Trinajstić information content (AvgIpc) is 3.47. The van der Waals surface area contributed by atoms with Crippen molar-refractivity contribution < 1.29 is 37.0 Å². The summed E-state index contributed by atoms with van der Waals surface area (Å²) < 4.78 is 48.0. The summed E-state index contributed by atoms with van der Waals surface area (Å²) in [7, 11) is -2.06. The third-order valence-electron chi connectivity index (χ3n) is 6.60. The number of hydrogen-bond acceptors (Lipinski definition) is 8. The lowest BCUT2D eigenvalue weighted by atomic mass is 10.0. The van der Waals surface area contributed by atoms with Crippen molar-refractivity contribution in [3.63, 3.8) is 0 Å². The number of sulfonamides is 1. The van der Waals surface area contributed by atoms with Crippen LogP contribution < -0.4 is 23.7 Å². The lowest BCUT2D eigenvalue weighted by Crippen LogP contribution is -2.33. The number of rotatable bonds is 16. The van der Waals surface area contributed by atoms with E-state index in [1.54, 1.807) is 25.3 Å². The Kier molecular flexibility index (Phi) is 12.1. The summed E-state index contributed by atoms with van der Waals surface area (Å²) in [6, 6.07) is 9.00. The molecule has 41 heavy (non-hydrogen) atoms. The van der Waals surface area contributed by atoms with E-state index in [1.807, 2.05) is 28.7 Å². The van der Waals surface area contributed by atoms with Crippen LogP contribution in [0.15, 0.2) is 30.3 Å². The molecule has 1 fully saturated rings. The smallest absolute Gasteiger partial charge is 0.271 e. The third-order valence-corrected chi connectivity index (χ3v) is 7.20. The second kappa shape index (κ2) is 15.5. The predicted molar refractivity (Wildman–Crippen MR) is 157 cm³/mol.